The third-order valence-corrected chi connectivity index (χ3v) is 4.77. The second-order valence-corrected chi connectivity index (χ2v) is 6.54. The molecule has 0 bridgehead atoms. The second kappa shape index (κ2) is 8.11. The number of alkyl halides is 3. The maximum absolute atomic E-state index is 12.9. The van der Waals surface area contributed by atoms with E-state index in [1.807, 2.05) is 6.92 Å². The first-order chi connectivity index (χ1) is 12.9. The molecule has 1 unspecified atom stereocenters. The van der Waals surface area contributed by atoms with Gasteiger partial charge in [-0.1, -0.05) is 17.3 Å². The Morgan fingerprint density at radius 2 is 2.00 bits per heavy atom. The molecule has 1 aromatic heterocycles. The SMILES string of the molecule is C#CCCN1CCN(C(C)c2nc(-c3cccc(C(F)(F)F)c3)no2)CC1. The first kappa shape index (κ1) is 19.4. The van der Waals surface area contributed by atoms with Crippen LogP contribution in [0.5, 0.6) is 0 Å². The fourth-order valence-electron chi connectivity index (χ4n) is 3.11. The maximum atomic E-state index is 12.9. The molecular weight excluding hydrogens is 357 g/mol. The zero-order chi connectivity index (χ0) is 19.4. The summed E-state index contributed by atoms with van der Waals surface area (Å²) < 4.78 is 44.0. The van der Waals surface area contributed by atoms with E-state index in [1.54, 1.807) is 6.07 Å². The molecule has 0 N–H and O–H groups in total. The van der Waals surface area contributed by atoms with Crippen molar-refractivity contribution in [2.45, 2.75) is 25.6 Å². The molecule has 1 aromatic carbocycles. The minimum atomic E-state index is -4.41. The molecule has 2 heterocycles. The molecule has 1 aliphatic rings. The van der Waals surface area contributed by atoms with Crippen molar-refractivity contribution in [3.63, 3.8) is 0 Å². The smallest absolute Gasteiger partial charge is 0.337 e. The largest absolute Gasteiger partial charge is 0.416 e. The molecule has 0 amide bonds. The third kappa shape index (κ3) is 4.67. The molecule has 0 aliphatic carbocycles. The van der Waals surface area contributed by atoms with Crippen LogP contribution in [0.1, 0.15) is 30.8 Å². The van der Waals surface area contributed by atoms with E-state index in [0.717, 1.165) is 51.3 Å². The molecule has 5 nitrogen and oxygen atoms in total. The standard InChI is InChI=1S/C19H21F3N4O/c1-3-4-8-25-9-11-26(12-10-25)14(2)18-23-17(24-27-18)15-6-5-7-16(13-15)19(20,21)22/h1,5-7,13-14H,4,8-12H2,2H3. The van der Waals surface area contributed by atoms with Crippen molar-refractivity contribution in [1.29, 1.82) is 0 Å². The van der Waals surface area contributed by atoms with E-state index in [-0.39, 0.29) is 17.4 Å². The molecule has 0 saturated carbocycles. The van der Waals surface area contributed by atoms with Gasteiger partial charge in [-0.15, -0.1) is 12.3 Å². The van der Waals surface area contributed by atoms with Gasteiger partial charge in [0.25, 0.3) is 0 Å². The molecule has 3 rings (SSSR count). The second-order valence-electron chi connectivity index (χ2n) is 6.54. The molecular formula is C19H21F3N4O. The highest BCUT2D eigenvalue weighted by molar-refractivity contribution is 5.55. The average molecular weight is 378 g/mol. The van der Waals surface area contributed by atoms with Gasteiger partial charge >= 0.3 is 6.18 Å². The van der Waals surface area contributed by atoms with Gasteiger partial charge in [0.05, 0.1) is 11.6 Å². The Balaban J connectivity index is 1.67. The number of benzene rings is 1. The quantitative estimate of drug-likeness (QED) is 0.746. The number of hydrogen-bond donors (Lipinski definition) is 0. The van der Waals surface area contributed by atoms with Crippen molar-refractivity contribution in [3.8, 4) is 23.7 Å². The van der Waals surface area contributed by atoms with Gasteiger partial charge in [-0.05, 0) is 19.1 Å². The Bertz CT molecular complexity index is 804. The zero-order valence-corrected chi connectivity index (χ0v) is 15.0. The summed E-state index contributed by atoms with van der Waals surface area (Å²) in [7, 11) is 0. The van der Waals surface area contributed by atoms with Crippen LogP contribution in [-0.4, -0.2) is 52.7 Å². The van der Waals surface area contributed by atoms with Gasteiger partial charge in [-0.3, -0.25) is 9.80 Å². The van der Waals surface area contributed by atoms with Gasteiger partial charge in [0.1, 0.15) is 0 Å². The van der Waals surface area contributed by atoms with Crippen LogP contribution in [0, 0.1) is 12.3 Å². The zero-order valence-electron chi connectivity index (χ0n) is 15.0. The van der Waals surface area contributed by atoms with Crippen LogP contribution in [-0.2, 0) is 6.18 Å². The highest BCUT2D eigenvalue weighted by atomic mass is 19.4. The summed E-state index contributed by atoms with van der Waals surface area (Å²) >= 11 is 0. The molecule has 1 fully saturated rings. The number of terminal acetylenes is 1. The molecule has 0 radical (unpaired) electrons. The highest BCUT2D eigenvalue weighted by Crippen LogP contribution is 2.32. The van der Waals surface area contributed by atoms with E-state index in [1.165, 1.54) is 6.07 Å². The molecule has 0 spiro atoms. The number of rotatable bonds is 5. The monoisotopic (exact) mass is 378 g/mol. The third-order valence-electron chi connectivity index (χ3n) is 4.77. The molecule has 1 atom stereocenters. The maximum Gasteiger partial charge on any atom is 0.416 e. The molecule has 2 aromatic rings. The van der Waals surface area contributed by atoms with Crippen LogP contribution < -0.4 is 0 Å². The number of aromatic nitrogens is 2. The lowest BCUT2D eigenvalue weighted by atomic mass is 10.1. The van der Waals surface area contributed by atoms with Crippen molar-refractivity contribution in [2.24, 2.45) is 0 Å². The van der Waals surface area contributed by atoms with E-state index in [9.17, 15) is 13.2 Å². The van der Waals surface area contributed by atoms with Gasteiger partial charge in [-0.25, -0.2) is 0 Å². The van der Waals surface area contributed by atoms with E-state index in [4.69, 9.17) is 10.9 Å². The van der Waals surface area contributed by atoms with Crippen molar-refractivity contribution >= 4 is 0 Å². The summed E-state index contributed by atoms with van der Waals surface area (Å²) in [4.78, 5) is 8.85. The van der Waals surface area contributed by atoms with Gasteiger partial charge in [0, 0.05) is 44.7 Å². The summed E-state index contributed by atoms with van der Waals surface area (Å²) in [6, 6.07) is 4.83. The van der Waals surface area contributed by atoms with Crippen LogP contribution in [0.4, 0.5) is 13.2 Å². The highest BCUT2D eigenvalue weighted by Gasteiger charge is 2.31. The summed E-state index contributed by atoms with van der Waals surface area (Å²) in [5, 5.41) is 3.87. The molecule has 144 valence electrons. The lowest BCUT2D eigenvalue weighted by Gasteiger charge is -2.36. The van der Waals surface area contributed by atoms with Gasteiger partial charge < -0.3 is 4.52 Å². The summed E-state index contributed by atoms with van der Waals surface area (Å²) in [6.45, 7) is 6.33. The van der Waals surface area contributed by atoms with E-state index in [0.29, 0.717) is 5.89 Å². The van der Waals surface area contributed by atoms with Gasteiger partial charge in [0.15, 0.2) is 0 Å². The van der Waals surface area contributed by atoms with E-state index in [2.05, 4.69) is 25.9 Å². The van der Waals surface area contributed by atoms with Crippen LogP contribution >= 0.6 is 0 Å². The summed E-state index contributed by atoms with van der Waals surface area (Å²) in [5.41, 5.74) is -0.450. The predicted molar refractivity (Wildman–Crippen MR) is 94.6 cm³/mol. The summed E-state index contributed by atoms with van der Waals surface area (Å²) in [5.74, 6) is 3.21. The van der Waals surface area contributed by atoms with Crippen LogP contribution in [0.3, 0.4) is 0 Å². The lowest BCUT2D eigenvalue weighted by Crippen LogP contribution is -2.47. The number of nitrogens with zero attached hydrogens (tertiary/aromatic N) is 4. The first-order valence-electron chi connectivity index (χ1n) is 8.79. The van der Waals surface area contributed by atoms with Crippen molar-refractivity contribution in [3.05, 3.63) is 35.7 Å². The number of piperazine rings is 1. The Morgan fingerprint density at radius 1 is 1.26 bits per heavy atom. The fourth-order valence-corrected chi connectivity index (χ4v) is 3.11. The minimum Gasteiger partial charge on any atom is -0.337 e. The average Bonchev–Trinajstić information content (AvgIpc) is 3.16. The van der Waals surface area contributed by atoms with Crippen LogP contribution in [0.25, 0.3) is 11.4 Å². The Hall–Kier alpha value is -2.37. The van der Waals surface area contributed by atoms with Crippen molar-refractivity contribution < 1.29 is 17.7 Å². The predicted octanol–water partition coefficient (Wildman–Crippen LogP) is 3.46. The van der Waals surface area contributed by atoms with Crippen molar-refractivity contribution in [2.75, 3.05) is 32.7 Å². The molecule has 1 aliphatic heterocycles. The Morgan fingerprint density at radius 3 is 2.67 bits per heavy atom. The summed E-state index contributed by atoms with van der Waals surface area (Å²) in [6.07, 6.45) is 1.63. The van der Waals surface area contributed by atoms with Crippen LogP contribution in [0.15, 0.2) is 28.8 Å². The number of halogens is 3. The molecule has 27 heavy (non-hydrogen) atoms. The van der Waals surface area contributed by atoms with Crippen LogP contribution in [0.2, 0.25) is 0 Å². The van der Waals surface area contributed by atoms with E-state index < -0.39 is 11.7 Å². The molecule has 8 heteroatoms. The topological polar surface area (TPSA) is 45.4 Å². The van der Waals surface area contributed by atoms with Crippen molar-refractivity contribution in [1.82, 2.24) is 19.9 Å². The number of hydrogen-bond acceptors (Lipinski definition) is 5. The first-order valence-corrected chi connectivity index (χ1v) is 8.79. The Kier molecular flexibility index (Phi) is 5.82. The lowest BCUT2D eigenvalue weighted by molar-refractivity contribution is -0.137. The normalized spacial score (nSPS) is 17.6. The minimum absolute atomic E-state index is 0.105. The van der Waals surface area contributed by atoms with E-state index >= 15 is 0 Å². The fraction of sp³-hybridized carbons (Fsp3) is 0.474. The van der Waals surface area contributed by atoms with Gasteiger partial charge in [0.2, 0.25) is 11.7 Å². The Labute approximate surface area is 156 Å². The molecule has 1 saturated heterocycles. The van der Waals surface area contributed by atoms with Gasteiger partial charge in [-0.2, -0.15) is 18.2 Å².